The fourth-order valence-corrected chi connectivity index (χ4v) is 0.970. The average Bonchev–Trinajstić information content (AvgIpc) is 2.19. The minimum atomic E-state index is 0.159. The Hall–Kier alpha value is -1.36. The molecule has 78 valence electrons. The monoisotopic (exact) mass is 196 g/mol. The van der Waals surface area contributed by atoms with Crippen molar-refractivity contribution in [2.75, 3.05) is 24.2 Å². The molecule has 0 aliphatic heterocycles. The smallest absolute Gasteiger partial charge is 0.221 e. The van der Waals surface area contributed by atoms with Gasteiger partial charge in [0.1, 0.15) is 5.82 Å². The highest BCUT2D eigenvalue weighted by Gasteiger charge is 2.03. The molecule has 1 aromatic heterocycles. The summed E-state index contributed by atoms with van der Waals surface area (Å²) in [6.45, 7) is 4.69. The minimum absolute atomic E-state index is 0.159. The number of rotatable bonds is 4. The van der Waals surface area contributed by atoms with E-state index >= 15 is 0 Å². The predicted octanol–water partition coefficient (Wildman–Crippen LogP) is 0.408. The largest absolute Gasteiger partial charge is 0.396 e. The Kier molecular flexibility index (Phi) is 3.64. The number of aliphatic hydroxyl groups excluding tert-OH is 1. The maximum Gasteiger partial charge on any atom is 0.221 e. The number of aliphatic hydroxyl groups is 1. The Morgan fingerprint density at radius 3 is 3.00 bits per heavy atom. The van der Waals surface area contributed by atoms with Crippen molar-refractivity contribution in [3.05, 3.63) is 11.8 Å². The Morgan fingerprint density at radius 1 is 1.64 bits per heavy atom. The van der Waals surface area contributed by atoms with E-state index < -0.39 is 0 Å². The van der Waals surface area contributed by atoms with Crippen LogP contribution in [0.4, 0.5) is 11.8 Å². The second-order valence-electron chi connectivity index (χ2n) is 3.43. The van der Waals surface area contributed by atoms with E-state index in [2.05, 4.69) is 15.3 Å². The predicted molar refractivity (Wildman–Crippen MR) is 55.9 cm³/mol. The van der Waals surface area contributed by atoms with Crippen molar-refractivity contribution in [2.45, 2.75) is 13.8 Å². The molecule has 0 bridgehead atoms. The van der Waals surface area contributed by atoms with Gasteiger partial charge in [0.15, 0.2) is 0 Å². The summed E-state index contributed by atoms with van der Waals surface area (Å²) in [6.07, 6.45) is 1.67. The summed E-state index contributed by atoms with van der Waals surface area (Å²) in [5.41, 5.74) is 6.40. The first-order valence-corrected chi connectivity index (χ1v) is 4.57. The van der Waals surface area contributed by atoms with Gasteiger partial charge in [-0.05, 0) is 12.8 Å². The molecule has 5 nitrogen and oxygen atoms in total. The summed E-state index contributed by atoms with van der Waals surface area (Å²) in [6, 6.07) is 0. The lowest BCUT2D eigenvalue weighted by Gasteiger charge is -2.11. The van der Waals surface area contributed by atoms with E-state index in [4.69, 9.17) is 10.8 Å². The summed E-state index contributed by atoms with van der Waals surface area (Å²) in [4.78, 5) is 7.92. The Bertz CT molecular complexity index is 303. The molecule has 0 saturated heterocycles. The zero-order chi connectivity index (χ0) is 10.6. The molecule has 1 aromatic rings. The van der Waals surface area contributed by atoms with E-state index in [1.165, 1.54) is 0 Å². The van der Waals surface area contributed by atoms with Gasteiger partial charge in [-0.3, -0.25) is 0 Å². The van der Waals surface area contributed by atoms with Gasteiger partial charge in [-0.2, -0.15) is 4.98 Å². The molecule has 0 aliphatic carbocycles. The Morgan fingerprint density at radius 2 is 2.36 bits per heavy atom. The molecule has 4 N–H and O–H groups in total. The second-order valence-corrected chi connectivity index (χ2v) is 3.43. The van der Waals surface area contributed by atoms with Crippen molar-refractivity contribution in [2.24, 2.45) is 5.92 Å². The standard InChI is InChI=1S/C9H16N4O/c1-6(5-14)3-11-8-7(2)4-12-9(10)13-8/h4,6,14H,3,5H2,1-2H3,(H3,10,11,12,13). The number of hydrogen-bond donors (Lipinski definition) is 3. The maximum absolute atomic E-state index is 8.84. The van der Waals surface area contributed by atoms with Crippen molar-refractivity contribution in [1.29, 1.82) is 0 Å². The molecule has 0 radical (unpaired) electrons. The Labute approximate surface area is 83.4 Å². The van der Waals surface area contributed by atoms with Crippen LogP contribution in [0.3, 0.4) is 0 Å². The first-order valence-electron chi connectivity index (χ1n) is 4.57. The average molecular weight is 196 g/mol. The van der Waals surface area contributed by atoms with Gasteiger partial charge in [-0.15, -0.1) is 0 Å². The molecular formula is C9H16N4O. The molecule has 1 heterocycles. The van der Waals surface area contributed by atoms with E-state index in [-0.39, 0.29) is 18.5 Å². The van der Waals surface area contributed by atoms with Crippen LogP contribution < -0.4 is 11.1 Å². The van der Waals surface area contributed by atoms with Gasteiger partial charge < -0.3 is 16.2 Å². The molecule has 1 rings (SSSR count). The van der Waals surface area contributed by atoms with E-state index in [1.807, 2.05) is 13.8 Å². The molecule has 0 amide bonds. The summed E-state index contributed by atoms with van der Waals surface area (Å²) < 4.78 is 0. The third-order valence-corrected chi connectivity index (χ3v) is 1.92. The van der Waals surface area contributed by atoms with Gasteiger partial charge in [0, 0.05) is 24.9 Å². The number of aromatic nitrogens is 2. The van der Waals surface area contributed by atoms with Gasteiger partial charge in [-0.1, -0.05) is 6.92 Å². The van der Waals surface area contributed by atoms with Crippen molar-refractivity contribution in [3.63, 3.8) is 0 Å². The fraction of sp³-hybridized carbons (Fsp3) is 0.556. The van der Waals surface area contributed by atoms with E-state index in [9.17, 15) is 0 Å². The molecule has 0 fully saturated rings. The number of anilines is 2. The van der Waals surface area contributed by atoms with Crippen LogP contribution in [-0.4, -0.2) is 28.2 Å². The quantitative estimate of drug-likeness (QED) is 0.649. The number of nitrogens with two attached hydrogens (primary N) is 1. The third kappa shape index (κ3) is 2.85. The second kappa shape index (κ2) is 4.76. The van der Waals surface area contributed by atoms with Crippen LogP contribution in [0.25, 0.3) is 0 Å². The number of nitrogens with zero attached hydrogens (tertiary/aromatic N) is 2. The lowest BCUT2D eigenvalue weighted by atomic mass is 10.2. The van der Waals surface area contributed by atoms with Crippen LogP contribution in [-0.2, 0) is 0 Å². The zero-order valence-electron chi connectivity index (χ0n) is 8.49. The van der Waals surface area contributed by atoms with Crippen LogP contribution in [0.5, 0.6) is 0 Å². The van der Waals surface area contributed by atoms with Crippen LogP contribution in [0.15, 0.2) is 6.20 Å². The van der Waals surface area contributed by atoms with E-state index in [0.717, 1.165) is 11.4 Å². The van der Waals surface area contributed by atoms with Crippen LogP contribution in [0, 0.1) is 12.8 Å². The Balaban J connectivity index is 2.62. The van der Waals surface area contributed by atoms with Crippen LogP contribution in [0.2, 0.25) is 0 Å². The van der Waals surface area contributed by atoms with Crippen molar-refractivity contribution >= 4 is 11.8 Å². The molecule has 5 heteroatoms. The van der Waals surface area contributed by atoms with Gasteiger partial charge in [0.2, 0.25) is 5.95 Å². The van der Waals surface area contributed by atoms with Gasteiger partial charge >= 0.3 is 0 Å². The molecular weight excluding hydrogens is 180 g/mol. The van der Waals surface area contributed by atoms with Gasteiger partial charge in [0.05, 0.1) is 0 Å². The SMILES string of the molecule is Cc1cnc(N)nc1NCC(C)CO. The molecule has 1 unspecified atom stereocenters. The lowest BCUT2D eigenvalue weighted by Crippen LogP contribution is -2.16. The van der Waals surface area contributed by atoms with Crippen molar-refractivity contribution in [1.82, 2.24) is 9.97 Å². The summed E-state index contributed by atoms with van der Waals surface area (Å²) in [5.74, 6) is 1.19. The van der Waals surface area contributed by atoms with E-state index in [1.54, 1.807) is 6.20 Å². The summed E-state index contributed by atoms with van der Waals surface area (Å²) in [7, 11) is 0. The third-order valence-electron chi connectivity index (χ3n) is 1.92. The number of nitrogen functional groups attached to an aromatic ring is 1. The molecule has 0 aliphatic rings. The lowest BCUT2D eigenvalue weighted by molar-refractivity contribution is 0.244. The normalized spacial score (nSPS) is 12.5. The van der Waals surface area contributed by atoms with Gasteiger partial charge in [-0.25, -0.2) is 4.98 Å². The number of aryl methyl sites for hydroxylation is 1. The van der Waals surface area contributed by atoms with Gasteiger partial charge in [0.25, 0.3) is 0 Å². The highest BCUT2D eigenvalue weighted by atomic mass is 16.3. The maximum atomic E-state index is 8.84. The summed E-state index contributed by atoms with van der Waals surface area (Å²) in [5, 5.41) is 12.0. The fourth-order valence-electron chi connectivity index (χ4n) is 0.970. The molecule has 0 spiro atoms. The van der Waals surface area contributed by atoms with Crippen molar-refractivity contribution < 1.29 is 5.11 Å². The molecule has 14 heavy (non-hydrogen) atoms. The number of hydrogen-bond acceptors (Lipinski definition) is 5. The van der Waals surface area contributed by atoms with E-state index in [0.29, 0.717) is 6.54 Å². The highest BCUT2D eigenvalue weighted by molar-refractivity contribution is 5.44. The molecule has 0 saturated carbocycles. The van der Waals surface area contributed by atoms with Crippen molar-refractivity contribution in [3.8, 4) is 0 Å². The first-order chi connectivity index (χ1) is 6.63. The number of nitrogens with one attached hydrogen (secondary N) is 1. The topological polar surface area (TPSA) is 84.1 Å². The highest BCUT2D eigenvalue weighted by Crippen LogP contribution is 2.11. The molecule has 1 atom stereocenters. The molecule has 0 aromatic carbocycles. The first kappa shape index (κ1) is 10.7. The summed E-state index contributed by atoms with van der Waals surface area (Å²) >= 11 is 0. The minimum Gasteiger partial charge on any atom is -0.396 e. The zero-order valence-corrected chi connectivity index (χ0v) is 8.49. The van der Waals surface area contributed by atoms with Crippen LogP contribution >= 0.6 is 0 Å². The van der Waals surface area contributed by atoms with Crippen LogP contribution in [0.1, 0.15) is 12.5 Å².